The summed E-state index contributed by atoms with van der Waals surface area (Å²) < 4.78 is 0. The van der Waals surface area contributed by atoms with E-state index < -0.39 is 0 Å². The highest BCUT2D eigenvalue weighted by Gasteiger charge is 2.30. The van der Waals surface area contributed by atoms with Crippen molar-refractivity contribution in [3.05, 3.63) is 21.3 Å². The van der Waals surface area contributed by atoms with Gasteiger partial charge in [-0.15, -0.1) is 11.3 Å². The van der Waals surface area contributed by atoms with E-state index in [0.29, 0.717) is 5.92 Å². The fourth-order valence-corrected chi connectivity index (χ4v) is 4.34. The van der Waals surface area contributed by atoms with Crippen LogP contribution in [0.2, 0.25) is 5.02 Å². The molecule has 90 valence electrons. The highest BCUT2D eigenvalue weighted by molar-refractivity contribution is 7.10. The lowest BCUT2D eigenvalue weighted by Crippen LogP contribution is -2.28. The molecule has 0 amide bonds. The number of nitrogens with two attached hydrogens (primary N) is 1. The maximum Gasteiger partial charge on any atom is 0.0561 e. The van der Waals surface area contributed by atoms with E-state index in [9.17, 15) is 0 Å². The zero-order valence-electron chi connectivity index (χ0n) is 9.95. The molecular formula is C13H20ClNS. The summed E-state index contributed by atoms with van der Waals surface area (Å²) in [5.74, 6) is 2.21. The lowest BCUT2D eigenvalue weighted by atomic mass is 9.73. The Labute approximate surface area is 107 Å². The van der Waals surface area contributed by atoms with Crippen molar-refractivity contribution in [3.8, 4) is 0 Å². The third-order valence-electron chi connectivity index (χ3n) is 3.67. The summed E-state index contributed by atoms with van der Waals surface area (Å²) in [6, 6.07) is 2.09. The Hall–Kier alpha value is -0.0500. The second-order valence-electron chi connectivity index (χ2n) is 5.34. The van der Waals surface area contributed by atoms with Gasteiger partial charge in [0.25, 0.3) is 0 Å². The van der Waals surface area contributed by atoms with Gasteiger partial charge in [0, 0.05) is 10.9 Å². The topological polar surface area (TPSA) is 26.0 Å². The number of hydrogen-bond donors (Lipinski definition) is 1. The summed E-state index contributed by atoms with van der Waals surface area (Å²) in [5, 5.41) is 2.89. The Morgan fingerprint density at radius 3 is 2.44 bits per heavy atom. The second kappa shape index (κ2) is 5.07. The van der Waals surface area contributed by atoms with E-state index in [1.165, 1.54) is 24.1 Å². The molecule has 0 aliphatic heterocycles. The van der Waals surface area contributed by atoms with Gasteiger partial charge in [0.1, 0.15) is 0 Å². The molecule has 0 spiro atoms. The molecule has 1 fully saturated rings. The van der Waals surface area contributed by atoms with Gasteiger partial charge in [0.2, 0.25) is 0 Å². The average Bonchev–Trinajstić information content (AvgIpc) is 2.62. The minimum Gasteiger partial charge on any atom is -0.323 e. The average molecular weight is 258 g/mol. The van der Waals surface area contributed by atoms with Crippen LogP contribution in [-0.4, -0.2) is 0 Å². The van der Waals surface area contributed by atoms with E-state index >= 15 is 0 Å². The first kappa shape index (κ1) is 12.4. The molecule has 1 heterocycles. The highest BCUT2D eigenvalue weighted by atomic mass is 35.5. The molecule has 1 aromatic rings. The van der Waals surface area contributed by atoms with Crippen LogP contribution in [0.3, 0.4) is 0 Å². The molecule has 3 atom stereocenters. The van der Waals surface area contributed by atoms with Crippen LogP contribution >= 0.6 is 22.9 Å². The monoisotopic (exact) mass is 257 g/mol. The van der Waals surface area contributed by atoms with Gasteiger partial charge in [-0.1, -0.05) is 25.4 Å². The summed E-state index contributed by atoms with van der Waals surface area (Å²) in [4.78, 5) is 1.17. The van der Waals surface area contributed by atoms with Crippen LogP contribution in [0, 0.1) is 17.8 Å². The molecule has 3 heteroatoms. The molecule has 1 aromatic heterocycles. The van der Waals surface area contributed by atoms with Crippen molar-refractivity contribution in [1.82, 2.24) is 0 Å². The molecule has 2 N–H and O–H groups in total. The molecule has 1 nitrogen and oxygen atoms in total. The van der Waals surface area contributed by atoms with Gasteiger partial charge >= 0.3 is 0 Å². The predicted octanol–water partition coefficient (Wildman–Crippen LogP) is 4.47. The maximum atomic E-state index is 6.37. The SMILES string of the molecule is CC1CC(C)CC(C(N)c2sccc2Cl)C1. The normalized spacial score (nSPS) is 32.6. The quantitative estimate of drug-likeness (QED) is 0.831. The fraction of sp³-hybridized carbons (Fsp3) is 0.692. The van der Waals surface area contributed by atoms with E-state index in [-0.39, 0.29) is 6.04 Å². The van der Waals surface area contributed by atoms with Crippen molar-refractivity contribution in [2.45, 2.75) is 39.2 Å². The minimum atomic E-state index is 0.137. The van der Waals surface area contributed by atoms with Crippen LogP contribution in [0.25, 0.3) is 0 Å². The molecule has 1 aliphatic carbocycles. The smallest absolute Gasteiger partial charge is 0.0561 e. The highest BCUT2D eigenvalue weighted by Crippen LogP contribution is 2.41. The molecule has 0 saturated heterocycles. The van der Waals surface area contributed by atoms with Gasteiger partial charge in [-0.3, -0.25) is 0 Å². The minimum absolute atomic E-state index is 0.137. The van der Waals surface area contributed by atoms with E-state index in [1.54, 1.807) is 11.3 Å². The van der Waals surface area contributed by atoms with Crippen LogP contribution in [0.4, 0.5) is 0 Å². The Balaban J connectivity index is 2.10. The van der Waals surface area contributed by atoms with Crippen molar-refractivity contribution < 1.29 is 0 Å². The maximum absolute atomic E-state index is 6.37. The first-order valence-electron chi connectivity index (χ1n) is 6.06. The molecule has 3 unspecified atom stereocenters. The van der Waals surface area contributed by atoms with Gasteiger partial charge in [-0.05, 0) is 48.5 Å². The van der Waals surface area contributed by atoms with Crippen molar-refractivity contribution in [3.63, 3.8) is 0 Å². The molecule has 0 radical (unpaired) electrons. The molecule has 0 aromatic carbocycles. The number of thiophene rings is 1. The lowest BCUT2D eigenvalue weighted by Gasteiger charge is -2.34. The molecule has 16 heavy (non-hydrogen) atoms. The van der Waals surface area contributed by atoms with Gasteiger partial charge in [0.15, 0.2) is 0 Å². The van der Waals surface area contributed by atoms with Crippen molar-refractivity contribution in [2.75, 3.05) is 0 Å². The zero-order valence-corrected chi connectivity index (χ0v) is 11.5. The van der Waals surface area contributed by atoms with Crippen molar-refractivity contribution >= 4 is 22.9 Å². The first-order valence-corrected chi connectivity index (χ1v) is 7.32. The van der Waals surface area contributed by atoms with Crippen LogP contribution < -0.4 is 5.73 Å². The van der Waals surface area contributed by atoms with Crippen LogP contribution in [-0.2, 0) is 0 Å². The number of hydrogen-bond acceptors (Lipinski definition) is 2. The van der Waals surface area contributed by atoms with E-state index in [4.69, 9.17) is 17.3 Å². The Morgan fingerprint density at radius 2 is 1.94 bits per heavy atom. The Morgan fingerprint density at radius 1 is 1.31 bits per heavy atom. The lowest BCUT2D eigenvalue weighted by molar-refractivity contribution is 0.194. The number of halogens is 1. The third kappa shape index (κ3) is 2.61. The second-order valence-corrected chi connectivity index (χ2v) is 6.69. The van der Waals surface area contributed by atoms with Crippen molar-refractivity contribution in [1.29, 1.82) is 0 Å². The van der Waals surface area contributed by atoms with Crippen LogP contribution in [0.1, 0.15) is 44.0 Å². The zero-order chi connectivity index (χ0) is 11.7. The Kier molecular flexibility index (Phi) is 3.93. The van der Waals surface area contributed by atoms with Gasteiger partial charge in [-0.25, -0.2) is 0 Å². The standard InChI is InChI=1S/C13H20ClNS/c1-8-5-9(2)7-10(6-8)12(15)13-11(14)3-4-16-13/h3-4,8-10,12H,5-7,15H2,1-2H3. The van der Waals surface area contributed by atoms with Crippen LogP contribution in [0.5, 0.6) is 0 Å². The van der Waals surface area contributed by atoms with Crippen LogP contribution in [0.15, 0.2) is 11.4 Å². The van der Waals surface area contributed by atoms with E-state index in [1.807, 2.05) is 11.4 Å². The molecule has 0 bridgehead atoms. The van der Waals surface area contributed by atoms with E-state index in [0.717, 1.165) is 16.9 Å². The summed E-state index contributed by atoms with van der Waals surface area (Å²) in [6.07, 6.45) is 3.85. The van der Waals surface area contributed by atoms with Gasteiger partial charge < -0.3 is 5.73 Å². The number of rotatable bonds is 2. The summed E-state index contributed by atoms with van der Waals surface area (Å²) in [5.41, 5.74) is 6.37. The first-order chi connectivity index (χ1) is 7.58. The summed E-state index contributed by atoms with van der Waals surface area (Å²) in [7, 11) is 0. The Bertz CT molecular complexity index is 339. The fourth-order valence-electron chi connectivity index (χ4n) is 3.06. The van der Waals surface area contributed by atoms with Gasteiger partial charge in [-0.2, -0.15) is 0 Å². The molecule has 1 aliphatic rings. The summed E-state index contributed by atoms with van der Waals surface area (Å²) >= 11 is 7.85. The molecule has 2 rings (SSSR count). The van der Waals surface area contributed by atoms with E-state index in [2.05, 4.69) is 13.8 Å². The third-order valence-corrected chi connectivity index (χ3v) is 5.13. The van der Waals surface area contributed by atoms with Crippen molar-refractivity contribution in [2.24, 2.45) is 23.5 Å². The molecule has 1 saturated carbocycles. The molecular weight excluding hydrogens is 238 g/mol. The predicted molar refractivity (Wildman–Crippen MR) is 71.9 cm³/mol. The van der Waals surface area contributed by atoms with Gasteiger partial charge in [0.05, 0.1) is 5.02 Å². The largest absolute Gasteiger partial charge is 0.323 e. The summed E-state index contributed by atoms with van der Waals surface area (Å²) in [6.45, 7) is 4.68.